The Balaban J connectivity index is 1.71. The molecular weight excluding hydrogens is 293 g/mol. The molecule has 0 radical (unpaired) electrons. The molecule has 0 saturated heterocycles. The lowest BCUT2D eigenvalue weighted by atomic mass is 9.94. The molecule has 0 spiro atoms. The lowest BCUT2D eigenvalue weighted by Gasteiger charge is -2.13. The van der Waals surface area contributed by atoms with E-state index in [-0.39, 0.29) is 11.6 Å². The van der Waals surface area contributed by atoms with Crippen LogP contribution in [0.1, 0.15) is 28.9 Å². The van der Waals surface area contributed by atoms with Gasteiger partial charge in [0.05, 0.1) is 17.7 Å². The van der Waals surface area contributed by atoms with Gasteiger partial charge in [-0.05, 0) is 43.2 Å². The summed E-state index contributed by atoms with van der Waals surface area (Å²) >= 11 is 0. The van der Waals surface area contributed by atoms with Gasteiger partial charge in [0.25, 0.3) is 0 Å². The number of rotatable bonds is 2. The molecule has 0 atom stereocenters. The molecular formula is C18H14FN3O. The first kappa shape index (κ1) is 13.8. The minimum absolute atomic E-state index is 0.163. The second-order valence-corrected chi connectivity index (χ2v) is 5.61. The van der Waals surface area contributed by atoms with E-state index in [9.17, 15) is 9.18 Å². The number of benzene rings is 1. The van der Waals surface area contributed by atoms with Gasteiger partial charge < -0.3 is 4.57 Å². The van der Waals surface area contributed by atoms with Crippen molar-refractivity contribution in [2.45, 2.75) is 19.3 Å². The summed E-state index contributed by atoms with van der Waals surface area (Å²) in [5, 5.41) is 0. The van der Waals surface area contributed by atoms with Crippen LogP contribution < -0.4 is 0 Å². The molecule has 0 aliphatic heterocycles. The molecule has 1 aliphatic carbocycles. The number of halogens is 1. The SMILES string of the molecule is O=C1CCCc2nc(-c3cn(-c4cccc(F)c4)cn3)ccc21. The van der Waals surface area contributed by atoms with E-state index in [0.717, 1.165) is 29.8 Å². The van der Waals surface area contributed by atoms with Gasteiger partial charge in [-0.3, -0.25) is 9.78 Å². The fourth-order valence-electron chi connectivity index (χ4n) is 2.87. The Hall–Kier alpha value is -2.82. The Kier molecular flexibility index (Phi) is 3.26. The summed E-state index contributed by atoms with van der Waals surface area (Å²) in [6, 6.07) is 9.98. The molecule has 2 heterocycles. The zero-order valence-electron chi connectivity index (χ0n) is 12.4. The van der Waals surface area contributed by atoms with Crippen LogP contribution in [0.5, 0.6) is 0 Å². The van der Waals surface area contributed by atoms with Crippen molar-refractivity contribution in [1.29, 1.82) is 0 Å². The summed E-state index contributed by atoms with van der Waals surface area (Å²) in [6.07, 6.45) is 5.71. The van der Waals surface area contributed by atoms with Gasteiger partial charge >= 0.3 is 0 Å². The van der Waals surface area contributed by atoms with Gasteiger partial charge in [-0.1, -0.05) is 6.07 Å². The Morgan fingerprint density at radius 2 is 2.00 bits per heavy atom. The van der Waals surface area contributed by atoms with Crippen LogP contribution in [0, 0.1) is 5.82 Å². The van der Waals surface area contributed by atoms with Crippen molar-refractivity contribution in [3.63, 3.8) is 0 Å². The van der Waals surface area contributed by atoms with Crippen molar-refractivity contribution in [1.82, 2.24) is 14.5 Å². The molecule has 3 aromatic rings. The van der Waals surface area contributed by atoms with Crippen molar-refractivity contribution in [2.75, 3.05) is 0 Å². The molecule has 0 amide bonds. The summed E-state index contributed by atoms with van der Waals surface area (Å²) in [5.74, 6) is -0.126. The lowest BCUT2D eigenvalue weighted by molar-refractivity contribution is 0.0971. The summed E-state index contributed by atoms with van der Waals surface area (Å²) < 4.78 is 15.1. The molecule has 0 bridgehead atoms. The van der Waals surface area contributed by atoms with E-state index < -0.39 is 0 Å². The van der Waals surface area contributed by atoms with Gasteiger partial charge in [-0.25, -0.2) is 9.37 Å². The molecule has 1 aromatic carbocycles. The van der Waals surface area contributed by atoms with E-state index in [1.165, 1.54) is 12.1 Å². The van der Waals surface area contributed by atoms with Gasteiger partial charge in [0.1, 0.15) is 11.5 Å². The van der Waals surface area contributed by atoms with Crippen molar-refractivity contribution in [3.05, 3.63) is 66.0 Å². The molecule has 23 heavy (non-hydrogen) atoms. The topological polar surface area (TPSA) is 47.8 Å². The Labute approximate surface area is 132 Å². The minimum atomic E-state index is -0.289. The molecule has 114 valence electrons. The Morgan fingerprint density at radius 3 is 2.87 bits per heavy atom. The quantitative estimate of drug-likeness (QED) is 0.727. The third kappa shape index (κ3) is 2.54. The maximum Gasteiger partial charge on any atom is 0.164 e. The predicted molar refractivity (Wildman–Crippen MR) is 84.0 cm³/mol. The standard InChI is InChI=1S/C18H14FN3O/c19-12-3-1-4-13(9-12)22-10-17(20-11-22)16-8-7-14-15(21-16)5-2-6-18(14)23/h1,3-4,7-11H,2,5-6H2. The first-order chi connectivity index (χ1) is 11.2. The summed E-state index contributed by atoms with van der Waals surface area (Å²) in [4.78, 5) is 20.8. The van der Waals surface area contributed by atoms with Gasteiger partial charge in [0.2, 0.25) is 0 Å². The first-order valence-electron chi connectivity index (χ1n) is 7.54. The average Bonchev–Trinajstić information content (AvgIpc) is 3.05. The van der Waals surface area contributed by atoms with E-state index in [4.69, 9.17) is 0 Å². The molecule has 4 rings (SSSR count). The molecule has 0 N–H and O–H groups in total. The molecule has 5 heteroatoms. The van der Waals surface area contributed by atoms with Crippen molar-refractivity contribution in [2.24, 2.45) is 0 Å². The largest absolute Gasteiger partial charge is 0.305 e. The molecule has 0 unspecified atom stereocenters. The van der Waals surface area contributed by atoms with E-state index >= 15 is 0 Å². The molecule has 0 saturated carbocycles. The lowest BCUT2D eigenvalue weighted by Crippen LogP contribution is -2.12. The maximum atomic E-state index is 13.3. The van der Waals surface area contributed by atoms with E-state index in [1.54, 1.807) is 17.0 Å². The number of aromatic nitrogens is 3. The molecule has 0 fully saturated rings. The monoisotopic (exact) mass is 307 g/mol. The fraction of sp³-hybridized carbons (Fsp3) is 0.167. The maximum absolute atomic E-state index is 13.3. The Bertz CT molecular complexity index is 901. The highest BCUT2D eigenvalue weighted by atomic mass is 19.1. The number of ketones is 1. The number of carbonyl (C=O) groups excluding carboxylic acids is 1. The predicted octanol–water partition coefficient (Wildman–Crippen LogP) is 3.59. The van der Waals surface area contributed by atoms with Crippen LogP contribution in [-0.4, -0.2) is 20.3 Å². The van der Waals surface area contributed by atoms with Crippen LogP contribution in [0.3, 0.4) is 0 Å². The highest BCUT2D eigenvalue weighted by Gasteiger charge is 2.19. The first-order valence-corrected chi connectivity index (χ1v) is 7.54. The van der Waals surface area contributed by atoms with Crippen LogP contribution in [0.2, 0.25) is 0 Å². The van der Waals surface area contributed by atoms with Crippen molar-refractivity contribution < 1.29 is 9.18 Å². The highest BCUT2D eigenvalue weighted by Crippen LogP contribution is 2.24. The van der Waals surface area contributed by atoms with Crippen molar-refractivity contribution >= 4 is 5.78 Å². The summed E-state index contributed by atoms with van der Waals surface area (Å²) in [5.41, 5.74) is 3.71. The number of hydrogen-bond donors (Lipinski definition) is 0. The molecule has 2 aromatic heterocycles. The van der Waals surface area contributed by atoms with Crippen LogP contribution in [0.4, 0.5) is 4.39 Å². The normalized spacial score (nSPS) is 13.9. The zero-order valence-corrected chi connectivity index (χ0v) is 12.4. The number of hydrogen-bond acceptors (Lipinski definition) is 3. The summed E-state index contributed by atoms with van der Waals surface area (Å²) in [7, 11) is 0. The zero-order chi connectivity index (χ0) is 15.8. The summed E-state index contributed by atoms with van der Waals surface area (Å²) in [6.45, 7) is 0. The second kappa shape index (κ2) is 5.43. The number of aryl methyl sites for hydroxylation is 1. The second-order valence-electron chi connectivity index (χ2n) is 5.61. The number of nitrogens with zero attached hydrogens (tertiary/aromatic N) is 3. The number of fused-ring (bicyclic) bond motifs is 1. The average molecular weight is 307 g/mol. The molecule has 1 aliphatic rings. The van der Waals surface area contributed by atoms with Crippen molar-refractivity contribution in [3.8, 4) is 17.1 Å². The number of carbonyl (C=O) groups is 1. The van der Waals surface area contributed by atoms with E-state index in [0.29, 0.717) is 17.8 Å². The van der Waals surface area contributed by atoms with E-state index in [1.807, 2.05) is 24.4 Å². The fourth-order valence-corrected chi connectivity index (χ4v) is 2.87. The number of imidazole rings is 1. The smallest absolute Gasteiger partial charge is 0.164 e. The highest BCUT2D eigenvalue weighted by molar-refractivity contribution is 5.98. The number of pyridine rings is 1. The third-order valence-corrected chi connectivity index (χ3v) is 4.04. The third-order valence-electron chi connectivity index (χ3n) is 4.04. The Morgan fingerprint density at radius 1 is 1.09 bits per heavy atom. The number of Topliss-reactive ketones (excluding diaryl/α,β-unsaturated/α-hetero) is 1. The van der Waals surface area contributed by atoms with Crippen LogP contribution in [-0.2, 0) is 6.42 Å². The van der Waals surface area contributed by atoms with Crippen LogP contribution in [0.15, 0.2) is 48.9 Å². The van der Waals surface area contributed by atoms with Crippen LogP contribution >= 0.6 is 0 Å². The van der Waals surface area contributed by atoms with Crippen LogP contribution in [0.25, 0.3) is 17.1 Å². The van der Waals surface area contributed by atoms with Gasteiger partial charge in [-0.15, -0.1) is 0 Å². The minimum Gasteiger partial charge on any atom is -0.305 e. The van der Waals surface area contributed by atoms with E-state index in [2.05, 4.69) is 9.97 Å². The molecule has 4 nitrogen and oxygen atoms in total. The van der Waals surface area contributed by atoms with Gasteiger partial charge in [0.15, 0.2) is 5.78 Å². The van der Waals surface area contributed by atoms with Gasteiger partial charge in [-0.2, -0.15) is 0 Å². The van der Waals surface area contributed by atoms with Gasteiger partial charge in [0, 0.05) is 23.9 Å².